The molecule has 4 aromatic rings. The number of aromatic nitrogens is 6. The second-order valence-electron chi connectivity index (χ2n) is 6.23. The SMILES string of the molecule is CCc1c(C)nc2c(Br)cnn2c1SC.CCc1cn2ncc(Br)c2nc1C. The van der Waals surface area contributed by atoms with E-state index >= 15 is 0 Å². The van der Waals surface area contributed by atoms with E-state index in [1.165, 1.54) is 16.2 Å². The molecule has 0 aliphatic carbocycles. The Kier molecular flexibility index (Phi) is 6.77. The highest BCUT2D eigenvalue weighted by atomic mass is 79.9. The normalized spacial score (nSPS) is 11.1. The molecule has 0 atom stereocenters. The van der Waals surface area contributed by atoms with Gasteiger partial charge in [0, 0.05) is 23.1 Å². The molecule has 0 unspecified atom stereocenters. The fourth-order valence-electron chi connectivity index (χ4n) is 3.05. The maximum Gasteiger partial charge on any atom is 0.170 e. The zero-order valence-corrected chi connectivity index (χ0v) is 20.5. The van der Waals surface area contributed by atoms with Crippen LogP contribution in [0.1, 0.15) is 36.4 Å². The van der Waals surface area contributed by atoms with E-state index in [1.807, 2.05) is 17.6 Å². The van der Waals surface area contributed by atoms with Crippen molar-refractivity contribution in [2.75, 3.05) is 6.26 Å². The van der Waals surface area contributed by atoms with E-state index in [0.717, 1.165) is 44.5 Å². The van der Waals surface area contributed by atoms with Gasteiger partial charge in [0.05, 0.1) is 21.3 Å². The van der Waals surface area contributed by atoms with Gasteiger partial charge < -0.3 is 0 Å². The molecular weight excluding hydrogens is 504 g/mol. The monoisotopic (exact) mass is 524 g/mol. The van der Waals surface area contributed by atoms with Crippen LogP contribution in [0.4, 0.5) is 0 Å². The summed E-state index contributed by atoms with van der Waals surface area (Å²) in [5.74, 6) is 0. The van der Waals surface area contributed by atoms with Crippen molar-refractivity contribution in [1.29, 1.82) is 0 Å². The second kappa shape index (κ2) is 8.92. The summed E-state index contributed by atoms with van der Waals surface area (Å²) in [4.78, 5) is 9.01. The third kappa shape index (κ3) is 3.97. The highest BCUT2D eigenvalue weighted by Gasteiger charge is 2.13. The number of fused-ring (bicyclic) bond motifs is 2. The van der Waals surface area contributed by atoms with Gasteiger partial charge in [0.2, 0.25) is 0 Å². The Morgan fingerprint density at radius 1 is 0.929 bits per heavy atom. The topological polar surface area (TPSA) is 60.4 Å². The fourth-order valence-corrected chi connectivity index (χ4v) is 4.60. The maximum atomic E-state index is 4.55. The molecule has 4 rings (SSSR count). The Bertz CT molecular complexity index is 1130. The van der Waals surface area contributed by atoms with Crippen molar-refractivity contribution in [2.24, 2.45) is 0 Å². The predicted molar refractivity (Wildman–Crippen MR) is 121 cm³/mol. The summed E-state index contributed by atoms with van der Waals surface area (Å²) < 4.78 is 5.60. The van der Waals surface area contributed by atoms with Gasteiger partial charge in [-0.2, -0.15) is 10.2 Å². The summed E-state index contributed by atoms with van der Waals surface area (Å²) in [6, 6.07) is 0. The number of aryl methyl sites for hydroxylation is 3. The van der Waals surface area contributed by atoms with Gasteiger partial charge in [-0.3, -0.25) is 0 Å². The minimum Gasteiger partial charge on any atom is -0.233 e. The Hall–Kier alpha value is -1.45. The van der Waals surface area contributed by atoms with Crippen molar-refractivity contribution in [2.45, 2.75) is 45.6 Å². The number of rotatable bonds is 3. The minimum absolute atomic E-state index is 0.884. The largest absolute Gasteiger partial charge is 0.233 e. The van der Waals surface area contributed by atoms with Crippen molar-refractivity contribution >= 4 is 54.9 Å². The van der Waals surface area contributed by atoms with Crippen LogP contribution in [0.15, 0.2) is 32.6 Å². The number of halogens is 2. The molecule has 0 radical (unpaired) electrons. The zero-order chi connectivity index (χ0) is 20.4. The summed E-state index contributed by atoms with van der Waals surface area (Å²) in [5, 5.41) is 9.69. The maximum absolute atomic E-state index is 4.55. The van der Waals surface area contributed by atoms with Crippen LogP contribution in [0.2, 0.25) is 0 Å². The van der Waals surface area contributed by atoms with E-state index < -0.39 is 0 Å². The molecule has 0 saturated heterocycles. The molecule has 4 heterocycles. The van der Waals surface area contributed by atoms with Crippen molar-refractivity contribution < 1.29 is 0 Å². The fraction of sp³-hybridized carbons (Fsp3) is 0.368. The lowest BCUT2D eigenvalue weighted by Gasteiger charge is -2.10. The molecule has 0 aliphatic heterocycles. The molecule has 148 valence electrons. The summed E-state index contributed by atoms with van der Waals surface area (Å²) in [5.41, 5.74) is 6.48. The highest BCUT2D eigenvalue weighted by molar-refractivity contribution is 9.11. The molecule has 0 amide bonds. The Morgan fingerprint density at radius 3 is 2.21 bits per heavy atom. The van der Waals surface area contributed by atoms with Crippen LogP contribution in [-0.4, -0.2) is 35.5 Å². The lowest BCUT2D eigenvalue weighted by Crippen LogP contribution is -2.03. The van der Waals surface area contributed by atoms with Gasteiger partial charge in [-0.25, -0.2) is 19.0 Å². The van der Waals surface area contributed by atoms with Gasteiger partial charge in [-0.1, -0.05) is 13.8 Å². The van der Waals surface area contributed by atoms with Crippen LogP contribution < -0.4 is 0 Å². The first kappa shape index (κ1) is 21.3. The third-order valence-electron chi connectivity index (χ3n) is 4.53. The van der Waals surface area contributed by atoms with E-state index in [1.54, 1.807) is 28.7 Å². The van der Waals surface area contributed by atoms with Crippen molar-refractivity contribution in [1.82, 2.24) is 29.2 Å². The highest BCUT2D eigenvalue weighted by Crippen LogP contribution is 2.27. The molecule has 28 heavy (non-hydrogen) atoms. The smallest absolute Gasteiger partial charge is 0.170 e. The van der Waals surface area contributed by atoms with Crippen molar-refractivity contribution in [3.63, 3.8) is 0 Å². The first-order valence-electron chi connectivity index (χ1n) is 8.97. The summed E-state index contributed by atoms with van der Waals surface area (Å²) in [7, 11) is 0. The standard InChI is InChI=1S/C10H12BrN3S.C9H10BrN3/c1-4-7-6(2)13-9-8(11)5-12-14(9)10(7)15-3;1-3-7-5-13-9(12-6(7)2)8(10)4-11-13/h5H,4H2,1-3H3;4-5H,3H2,1-2H3. The average Bonchev–Trinajstić information content (AvgIpc) is 3.23. The molecule has 0 aromatic carbocycles. The lowest BCUT2D eigenvalue weighted by atomic mass is 10.2. The van der Waals surface area contributed by atoms with Gasteiger partial charge in [-0.15, -0.1) is 11.8 Å². The minimum atomic E-state index is 0.884. The van der Waals surface area contributed by atoms with Gasteiger partial charge in [0.1, 0.15) is 5.03 Å². The molecular formula is C19H22Br2N6S. The number of nitrogens with zero attached hydrogens (tertiary/aromatic N) is 6. The Balaban J connectivity index is 0.000000162. The third-order valence-corrected chi connectivity index (χ3v) is 6.46. The average molecular weight is 526 g/mol. The molecule has 6 nitrogen and oxygen atoms in total. The summed E-state index contributed by atoms with van der Waals surface area (Å²) in [6.07, 6.45) is 9.64. The van der Waals surface area contributed by atoms with E-state index in [2.05, 4.69) is 79.1 Å². The molecule has 0 fully saturated rings. The van der Waals surface area contributed by atoms with E-state index in [4.69, 9.17) is 0 Å². The van der Waals surface area contributed by atoms with Gasteiger partial charge in [-0.05, 0) is 70.4 Å². The second-order valence-corrected chi connectivity index (χ2v) is 8.74. The molecule has 0 spiro atoms. The summed E-state index contributed by atoms with van der Waals surface area (Å²) >= 11 is 8.57. The Labute approximate surface area is 185 Å². The van der Waals surface area contributed by atoms with Crippen LogP contribution in [0, 0.1) is 13.8 Å². The van der Waals surface area contributed by atoms with E-state index in [9.17, 15) is 0 Å². The van der Waals surface area contributed by atoms with Crippen LogP contribution in [-0.2, 0) is 12.8 Å². The van der Waals surface area contributed by atoms with Crippen LogP contribution >= 0.6 is 43.6 Å². The van der Waals surface area contributed by atoms with E-state index in [0.29, 0.717) is 0 Å². The predicted octanol–water partition coefficient (Wildman–Crippen LogP) is 5.45. The van der Waals surface area contributed by atoms with Crippen LogP contribution in [0.5, 0.6) is 0 Å². The first-order chi connectivity index (χ1) is 13.4. The quantitative estimate of drug-likeness (QED) is 0.263. The number of hydrogen-bond donors (Lipinski definition) is 0. The van der Waals surface area contributed by atoms with Gasteiger partial charge in [0.25, 0.3) is 0 Å². The van der Waals surface area contributed by atoms with E-state index in [-0.39, 0.29) is 0 Å². The van der Waals surface area contributed by atoms with Gasteiger partial charge >= 0.3 is 0 Å². The molecule has 9 heteroatoms. The molecule has 0 saturated carbocycles. The van der Waals surface area contributed by atoms with Crippen molar-refractivity contribution in [3.05, 3.63) is 50.1 Å². The number of hydrogen-bond acceptors (Lipinski definition) is 5. The molecule has 0 aliphatic rings. The van der Waals surface area contributed by atoms with Crippen LogP contribution in [0.25, 0.3) is 11.3 Å². The Morgan fingerprint density at radius 2 is 1.57 bits per heavy atom. The number of thioether (sulfide) groups is 1. The van der Waals surface area contributed by atoms with Gasteiger partial charge in [0.15, 0.2) is 11.3 Å². The molecule has 0 bridgehead atoms. The summed E-state index contributed by atoms with van der Waals surface area (Å²) in [6.45, 7) is 8.35. The lowest BCUT2D eigenvalue weighted by molar-refractivity contribution is 0.797. The zero-order valence-electron chi connectivity index (χ0n) is 16.5. The van der Waals surface area contributed by atoms with Crippen LogP contribution in [0.3, 0.4) is 0 Å². The molecule has 0 N–H and O–H groups in total. The first-order valence-corrected chi connectivity index (χ1v) is 11.8. The van der Waals surface area contributed by atoms with Crippen molar-refractivity contribution in [3.8, 4) is 0 Å². The molecule has 4 aromatic heterocycles.